The van der Waals surface area contributed by atoms with Crippen molar-refractivity contribution in [3.63, 3.8) is 0 Å². The standard InChI is InChI=1S/C20H21N7/c1-2-4-14(5-3-1)11-27-13-23-19-20(27)25-17(10-21-19)15-6-8-16(9-7-15)18-22-12-24-26-18/h6-10,12-14H,1-5,11H2,(H,22,24,26). The third-order valence-electron chi connectivity index (χ3n) is 5.38. The van der Waals surface area contributed by atoms with Crippen LogP contribution in [0.2, 0.25) is 0 Å². The minimum atomic E-state index is 0.716. The summed E-state index contributed by atoms with van der Waals surface area (Å²) < 4.78 is 2.17. The number of aromatic nitrogens is 7. The second kappa shape index (κ2) is 6.90. The van der Waals surface area contributed by atoms with E-state index in [2.05, 4.69) is 29.7 Å². The number of benzene rings is 1. The Bertz CT molecular complexity index is 1030. The maximum Gasteiger partial charge on any atom is 0.197 e. The average Bonchev–Trinajstić information content (AvgIpc) is 3.39. The minimum Gasteiger partial charge on any atom is -0.314 e. The SMILES string of the molecule is c1n[nH]c(-c2ccc(-c3cnc4ncn(CC5CCCCC5)c4n3)cc2)n1. The molecule has 1 aliphatic carbocycles. The van der Waals surface area contributed by atoms with Gasteiger partial charge in [-0.2, -0.15) is 5.10 Å². The fourth-order valence-electron chi connectivity index (χ4n) is 3.90. The Morgan fingerprint density at radius 2 is 1.78 bits per heavy atom. The second-order valence-corrected chi connectivity index (χ2v) is 7.21. The van der Waals surface area contributed by atoms with Crippen molar-refractivity contribution in [2.24, 2.45) is 5.92 Å². The zero-order chi connectivity index (χ0) is 18.1. The van der Waals surface area contributed by atoms with Gasteiger partial charge in [-0.15, -0.1) is 0 Å². The first-order valence-electron chi connectivity index (χ1n) is 9.51. The van der Waals surface area contributed by atoms with Crippen LogP contribution < -0.4 is 0 Å². The van der Waals surface area contributed by atoms with Gasteiger partial charge in [0.25, 0.3) is 0 Å². The second-order valence-electron chi connectivity index (χ2n) is 7.21. The highest BCUT2D eigenvalue weighted by Gasteiger charge is 2.16. The van der Waals surface area contributed by atoms with Crippen molar-refractivity contribution >= 4 is 11.3 Å². The van der Waals surface area contributed by atoms with Crippen molar-refractivity contribution in [3.8, 4) is 22.6 Å². The molecule has 1 N–H and O–H groups in total. The molecular formula is C20H21N7. The Balaban J connectivity index is 1.44. The van der Waals surface area contributed by atoms with Crippen molar-refractivity contribution in [1.29, 1.82) is 0 Å². The summed E-state index contributed by atoms with van der Waals surface area (Å²) in [7, 11) is 0. The first-order chi connectivity index (χ1) is 13.4. The molecule has 1 aromatic carbocycles. The number of fused-ring (bicyclic) bond motifs is 1. The summed E-state index contributed by atoms with van der Waals surface area (Å²) >= 11 is 0. The van der Waals surface area contributed by atoms with Gasteiger partial charge in [0, 0.05) is 17.7 Å². The lowest BCUT2D eigenvalue weighted by molar-refractivity contribution is 0.321. The molecule has 0 spiro atoms. The third kappa shape index (κ3) is 3.20. The first-order valence-corrected chi connectivity index (χ1v) is 9.51. The van der Waals surface area contributed by atoms with E-state index >= 15 is 0 Å². The summed E-state index contributed by atoms with van der Waals surface area (Å²) in [6.07, 6.45) is 11.8. The number of imidazole rings is 1. The van der Waals surface area contributed by atoms with E-state index in [4.69, 9.17) is 4.98 Å². The van der Waals surface area contributed by atoms with Crippen LogP contribution in [0.1, 0.15) is 32.1 Å². The van der Waals surface area contributed by atoms with E-state index in [1.807, 2.05) is 30.6 Å². The van der Waals surface area contributed by atoms with Gasteiger partial charge in [0.05, 0.1) is 18.2 Å². The van der Waals surface area contributed by atoms with Crippen molar-refractivity contribution in [2.45, 2.75) is 38.6 Å². The number of aromatic amines is 1. The number of H-pyrrole nitrogens is 1. The van der Waals surface area contributed by atoms with Gasteiger partial charge >= 0.3 is 0 Å². The molecule has 0 aliphatic heterocycles. The third-order valence-corrected chi connectivity index (χ3v) is 5.38. The molecule has 1 aliphatic rings. The molecule has 0 amide bonds. The monoisotopic (exact) mass is 359 g/mol. The predicted molar refractivity (Wildman–Crippen MR) is 103 cm³/mol. The molecule has 0 radical (unpaired) electrons. The van der Waals surface area contributed by atoms with Gasteiger partial charge < -0.3 is 4.57 Å². The van der Waals surface area contributed by atoms with Gasteiger partial charge in [0.1, 0.15) is 6.33 Å². The Hall–Kier alpha value is -3.09. The molecule has 0 saturated heterocycles. The highest BCUT2D eigenvalue weighted by Crippen LogP contribution is 2.27. The van der Waals surface area contributed by atoms with Crippen LogP contribution in [0.3, 0.4) is 0 Å². The molecule has 1 saturated carbocycles. The number of nitrogens with one attached hydrogen (secondary N) is 1. The van der Waals surface area contributed by atoms with Crippen LogP contribution in [0.25, 0.3) is 33.9 Å². The molecule has 3 heterocycles. The normalized spacial score (nSPS) is 15.4. The number of hydrogen-bond acceptors (Lipinski definition) is 5. The smallest absolute Gasteiger partial charge is 0.197 e. The van der Waals surface area contributed by atoms with Crippen LogP contribution in [0, 0.1) is 5.92 Å². The Morgan fingerprint density at radius 1 is 0.963 bits per heavy atom. The molecule has 5 rings (SSSR count). The van der Waals surface area contributed by atoms with Gasteiger partial charge in [-0.1, -0.05) is 43.5 Å². The highest BCUT2D eigenvalue weighted by atomic mass is 15.2. The Morgan fingerprint density at radius 3 is 2.56 bits per heavy atom. The lowest BCUT2D eigenvalue weighted by atomic mass is 9.89. The van der Waals surface area contributed by atoms with Crippen LogP contribution >= 0.6 is 0 Å². The molecule has 1 fully saturated rings. The molecular weight excluding hydrogens is 338 g/mol. The quantitative estimate of drug-likeness (QED) is 0.598. The molecule has 3 aromatic heterocycles. The summed E-state index contributed by atoms with van der Waals surface area (Å²) in [5.74, 6) is 1.48. The van der Waals surface area contributed by atoms with Crippen molar-refractivity contribution < 1.29 is 0 Å². The molecule has 136 valence electrons. The molecule has 7 nitrogen and oxygen atoms in total. The molecule has 27 heavy (non-hydrogen) atoms. The van der Waals surface area contributed by atoms with E-state index in [0.29, 0.717) is 5.65 Å². The Kier molecular flexibility index (Phi) is 4.12. The van der Waals surface area contributed by atoms with Gasteiger partial charge in [0.2, 0.25) is 0 Å². The summed E-state index contributed by atoms with van der Waals surface area (Å²) in [5, 5.41) is 6.78. The molecule has 0 bridgehead atoms. The fourth-order valence-corrected chi connectivity index (χ4v) is 3.90. The maximum absolute atomic E-state index is 4.87. The van der Waals surface area contributed by atoms with Crippen LogP contribution in [0.4, 0.5) is 0 Å². The largest absolute Gasteiger partial charge is 0.314 e. The van der Waals surface area contributed by atoms with Crippen LogP contribution in [-0.4, -0.2) is 34.7 Å². The first kappa shape index (κ1) is 16.1. The summed E-state index contributed by atoms with van der Waals surface area (Å²) in [5.41, 5.74) is 4.47. The van der Waals surface area contributed by atoms with Crippen LogP contribution in [-0.2, 0) is 6.54 Å². The zero-order valence-electron chi connectivity index (χ0n) is 15.0. The van der Waals surface area contributed by atoms with E-state index in [-0.39, 0.29) is 0 Å². The predicted octanol–water partition coefficient (Wildman–Crippen LogP) is 3.86. The number of rotatable bonds is 4. The summed E-state index contributed by atoms with van der Waals surface area (Å²) in [4.78, 5) is 18.0. The molecule has 4 aromatic rings. The van der Waals surface area contributed by atoms with Gasteiger partial charge in [-0.05, 0) is 18.8 Å². The average molecular weight is 359 g/mol. The van der Waals surface area contributed by atoms with E-state index in [0.717, 1.165) is 40.8 Å². The van der Waals surface area contributed by atoms with Gasteiger partial charge in [-0.3, -0.25) is 5.10 Å². The fraction of sp³-hybridized carbons (Fsp3) is 0.350. The summed E-state index contributed by atoms with van der Waals surface area (Å²) in [6, 6.07) is 8.10. The molecule has 0 atom stereocenters. The van der Waals surface area contributed by atoms with Crippen molar-refractivity contribution in [1.82, 2.24) is 34.7 Å². The topological polar surface area (TPSA) is 85.2 Å². The molecule has 7 heteroatoms. The van der Waals surface area contributed by atoms with E-state index < -0.39 is 0 Å². The van der Waals surface area contributed by atoms with Gasteiger partial charge in [0.15, 0.2) is 17.1 Å². The van der Waals surface area contributed by atoms with Crippen LogP contribution in [0.15, 0.2) is 43.1 Å². The van der Waals surface area contributed by atoms with E-state index in [1.165, 1.54) is 38.4 Å². The van der Waals surface area contributed by atoms with E-state index in [1.54, 1.807) is 6.20 Å². The number of hydrogen-bond donors (Lipinski definition) is 1. The summed E-state index contributed by atoms with van der Waals surface area (Å²) in [6.45, 7) is 0.985. The highest BCUT2D eigenvalue weighted by molar-refractivity contribution is 5.72. The Labute approximate surface area is 156 Å². The maximum atomic E-state index is 4.87. The minimum absolute atomic E-state index is 0.716. The van der Waals surface area contributed by atoms with Gasteiger partial charge in [-0.25, -0.2) is 19.9 Å². The van der Waals surface area contributed by atoms with E-state index in [9.17, 15) is 0 Å². The zero-order valence-corrected chi connectivity index (χ0v) is 15.0. The number of nitrogens with zero attached hydrogens (tertiary/aromatic N) is 6. The van der Waals surface area contributed by atoms with Crippen molar-refractivity contribution in [2.75, 3.05) is 0 Å². The molecule has 0 unspecified atom stereocenters. The lowest BCUT2D eigenvalue weighted by Gasteiger charge is -2.21. The lowest BCUT2D eigenvalue weighted by Crippen LogP contribution is -2.13. The van der Waals surface area contributed by atoms with Crippen LogP contribution in [0.5, 0.6) is 0 Å². The van der Waals surface area contributed by atoms with Crippen molar-refractivity contribution in [3.05, 3.63) is 43.1 Å².